The molecule has 11 heteroatoms. The predicted molar refractivity (Wildman–Crippen MR) is 121 cm³/mol. The smallest absolute Gasteiger partial charge is 0.308 e. The number of sulfonamides is 1. The molecule has 0 fully saturated rings. The van der Waals surface area contributed by atoms with E-state index < -0.39 is 34.5 Å². The third-order valence-electron chi connectivity index (χ3n) is 4.54. The van der Waals surface area contributed by atoms with Gasteiger partial charge in [0.25, 0.3) is 5.91 Å². The van der Waals surface area contributed by atoms with Crippen molar-refractivity contribution in [3.63, 3.8) is 0 Å². The van der Waals surface area contributed by atoms with E-state index in [4.69, 9.17) is 9.47 Å². The van der Waals surface area contributed by atoms with E-state index in [9.17, 15) is 22.8 Å². The number of nitrogens with zero attached hydrogens (tertiary/aromatic N) is 1. The first-order chi connectivity index (χ1) is 15.5. The first-order valence-electron chi connectivity index (χ1n) is 9.92. The van der Waals surface area contributed by atoms with Crippen molar-refractivity contribution in [1.82, 2.24) is 9.62 Å². The number of anilines is 1. The molecule has 10 nitrogen and oxygen atoms in total. The van der Waals surface area contributed by atoms with E-state index in [1.807, 2.05) is 6.07 Å². The van der Waals surface area contributed by atoms with Crippen LogP contribution in [0.3, 0.4) is 0 Å². The Balaban J connectivity index is 2.04. The van der Waals surface area contributed by atoms with Crippen molar-refractivity contribution in [3.8, 4) is 5.75 Å². The lowest BCUT2D eigenvalue weighted by atomic mass is 10.0. The van der Waals surface area contributed by atoms with Crippen LogP contribution in [-0.2, 0) is 29.1 Å². The molecule has 0 saturated carbocycles. The van der Waals surface area contributed by atoms with Gasteiger partial charge in [0.15, 0.2) is 6.61 Å². The predicted octanol–water partition coefficient (Wildman–Crippen LogP) is 1.69. The highest BCUT2D eigenvalue weighted by molar-refractivity contribution is 7.89. The maximum atomic E-state index is 12.4. The number of methoxy groups -OCH3 is 1. The summed E-state index contributed by atoms with van der Waals surface area (Å²) in [5.41, 5.74) is 0.833. The fraction of sp³-hybridized carbons (Fsp3) is 0.318. The highest BCUT2D eigenvalue weighted by atomic mass is 32.2. The van der Waals surface area contributed by atoms with Gasteiger partial charge in [-0.2, -0.15) is 0 Å². The molecule has 1 atom stereocenters. The lowest BCUT2D eigenvalue weighted by molar-refractivity contribution is -0.148. The average Bonchev–Trinajstić information content (AvgIpc) is 2.77. The molecule has 0 aliphatic heterocycles. The van der Waals surface area contributed by atoms with Crippen molar-refractivity contribution < 1.29 is 32.3 Å². The van der Waals surface area contributed by atoms with Gasteiger partial charge in [0.2, 0.25) is 15.9 Å². The minimum Gasteiger partial charge on any atom is -0.495 e. The zero-order valence-electron chi connectivity index (χ0n) is 18.8. The second-order valence-corrected chi connectivity index (χ2v) is 9.38. The molecule has 0 saturated heterocycles. The van der Waals surface area contributed by atoms with Crippen molar-refractivity contribution in [2.45, 2.75) is 24.3 Å². The summed E-state index contributed by atoms with van der Waals surface area (Å²) in [6.45, 7) is 0.737. The fourth-order valence-electron chi connectivity index (χ4n) is 2.90. The summed E-state index contributed by atoms with van der Waals surface area (Å²) in [5.74, 6) is -1.45. The minimum atomic E-state index is -3.73. The van der Waals surface area contributed by atoms with Gasteiger partial charge in [0, 0.05) is 21.0 Å². The number of benzene rings is 2. The largest absolute Gasteiger partial charge is 0.495 e. The highest BCUT2D eigenvalue weighted by Gasteiger charge is 2.21. The molecule has 0 aliphatic rings. The van der Waals surface area contributed by atoms with E-state index in [0.717, 1.165) is 9.87 Å². The molecular weight excluding hydrogens is 450 g/mol. The van der Waals surface area contributed by atoms with Crippen molar-refractivity contribution in [2.24, 2.45) is 0 Å². The minimum absolute atomic E-state index is 0.0402. The number of hydrogen-bond donors (Lipinski definition) is 2. The van der Waals surface area contributed by atoms with Crippen LogP contribution in [-0.4, -0.2) is 58.3 Å². The van der Waals surface area contributed by atoms with E-state index in [2.05, 4.69) is 10.6 Å². The zero-order valence-corrected chi connectivity index (χ0v) is 19.6. The SMILES string of the molecule is COc1ccc(S(=O)(=O)N(C)C)cc1NC(=O)COC(=O)C[C@H](NC(C)=O)c1ccccc1. The monoisotopic (exact) mass is 477 g/mol. The number of carbonyl (C=O) groups is 3. The van der Waals surface area contributed by atoms with Crippen molar-refractivity contribution in [3.05, 3.63) is 54.1 Å². The molecule has 33 heavy (non-hydrogen) atoms. The topological polar surface area (TPSA) is 131 Å². The molecule has 0 radical (unpaired) electrons. The van der Waals surface area contributed by atoms with Crippen molar-refractivity contribution in [2.75, 3.05) is 33.1 Å². The van der Waals surface area contributed by atoms with Gasteiger partial charge in [0.05, 0.1) is 30.2 Å². The van der Waals surface area contributed by atoms with Gasteiger partial charge >= 0.3 is 5.97 Å². The van der Waals surface area contributed by atoms with Crippen molar-refractivity contribution >= 4 is 33.5 Å². The Hall–Kier alpha value is -3.44. The molecule has 0 aromatic heterocycles. The second kappa shape index (κ2) is 11.4. The van der Waals surface area contributed by atoms with Gasteiger partial charge in [0.1, 0.15) is 5.75 Å². The van der Waals surface area contributed by atoms with Gasteiger partial charge in [-0.15, -0.1) is 0 Å². The van der Waals surface area contributed by atoms with E-state index in [1.165, 1.54) is 46.3 Å². The number of nitrogens with one attached hydrogen (secondary N) is 2. The Morgan fingerprint density at radius 3 is 2.30 bits per heavy atom. The summed E-state index contributed by atoms with van der Waals surface area (Å²) in [6.07, 6.45) is -0.170. The van der Waals surface area contributed by atoms with Crippen molar-refractivity contribution in [1.29, 1.82) is 0 Å². The average molecular weight is 478 g/mol. The van der Waals surface area contributed by atoms with Crippen LogP contribution in [0.15, 0.2) is 53.4 Å². The summed E-state index contributed by atoms with van der Waals surface area (Å²) in [6, 6.07) is 12.3. The van der Waals surface area contributed by atoms with Gasteiger partial charge in [-0.05, 0) is 23.8 Å². The second-order valence-electron chi connectivity index (χ2n) is 7.23. The summed E-state index contributed by atoms with van der Waals surface area (Å²) < 4.78 is 36.0. The third-order valence-corrected chi connectivity index (χ3v) is 6.35. The van der Waals surface area contributed by atoms with Crippen LogP contribution in [0.1, 0.15) is 24.9 Å². The van der Waals surface area contributed by atoms with E-state index in [-0.39, 0.29) is 28.7 Å². The number of rotatable bonds is 10. The molecule has 0 aliphatic carbocycles. The summed E-state index contributed by atoms with van der Waals surface area (Å²) in [5, 5.41) is 5.17. The molecule has 178 valence electrons. The normalized spacial score (nSPS) is 12.0. The Morgan fingerprint density at radius 1 is 1.06 bits per heavy atom. The fourth-order valence-corrected chi connectivity index (χ4v) is 3.83. The quantitative estimate of drug-likeness (QED) is 0.498. The Kier molecular flexibility index (Phi) is 8.94. The van der Waals surface area contributed by atoms with Gasteiger partial charge in [-0.3, -0.25) is 14.4 Å². The van der Waals surface area contributed by atoms with Crippen LogP contribution in [0.5, 0.6) is 5.75 Å². The Labute approximate surface area is 192 Å². The van der Waals surface area contributed by atoms with Crippen LogP contribution in [0.25, 0.3) is 0 Å². The lowest BCUT2D eigenvalue weighted by Crippen LogP contribution is -2.29. The van der Waals surface area contributed by atoms with Crippen LogP contribution in [0.4, 0.5) is 5.69 Å². The standard InChI is InChI=1S/C22H27N3O7S/c1-15(26)23-18(16-8-6-5-7-9-16)13-22(28)32-14-21(27)24-19-12-17(10-11-20(19)31-4)33(29,30)25(2)3/h5-12,18H,13-14H2,1-4H3,(H,23,26)(H,24,27)/t18-/m0/s1. The maximum Gasteiger partial charge on any atom is 0.308 e. The van der Waals surface area contributed by atoms with Gasteiger partial charge in [-0.1, -0.05) is 30.3 Å². The van der Waals surface area contributed by atoms with Crippen LogP contribution < -0.4 is 15.4 Å². The molecule has 2 aromatic rings. The van der Waals surface area contributed by atoms with E-state index >= 15 is 0 Å². The maximum absolute atomic E-state index is 12.4. The number of hydrogen-bond acceptors (Lipinski definition) is 7. The summed E-state index contributed by atoms with van der Waals surface area (Å²) in [7, 11) is 0.422. The van der Waals surface area contributed by atoms with Crippen LogP contribution in [0.2, 0.25) is 0 Å². The number of amides is 2. The summed E-state index contributed by atoms with van der Waals surface area (Å²) >= 11 is 0. The Morgan fingerprint density at radius 2 is 1.73 bits per heavy atom. The Bertz CT molecular complexity index is 1100. The van der Waals surface area contributed by atoms with E-state index in [0.29, 0.717) is 0 Å². The first-order valence-corrected chi connectivity index (χ1v) is 11.4. The molecule has 0 unspecified atom stereocenters. The molecule has 2 rings (SSSR count). The molecule has 0 heterocycles. The molecule has 2 amide bonds. The zero-order chi connectivity index (χ0) is 24.6. The summed E-state index contributed by atoms with van der Waals surface area (Å²) in [4.78, 5) is 36.1. The highest BCUT2D eigenvalue weighted by Crippen LogP contribution is 2.28. The number of ether oxygens (including phenoxy) is 2. The van der Waals surface area contributed by atoms with Gasteiger partial charge < -0.3 is 20.1 Å². The molecule has 0 bridgehead atoms. The van der Waals surface area contributed by atoms with E-state index in [1.54, 1.807) is 24.3 Å². The van der Waals surface area contributed by atoms with Crippen LogP contribution >= 0.6 is 0 Å². The lowest BCUT2D eigenvalue weighted by Gasteiger charge is -2.18. The molecular formula is C22H27N3O7S. The van der Waals surface area contributed by atoms with Crippen LogP contribution in [0, 0.1) is 0 Å². The molecule has 2 aromatic carbocycles. The molecule has 0 spiro atoms. The molecule has 2 N–H and O–H groups in total. The third kappa shape index (κ3) is 7.29. The number of esters is 1. The number of carbonyl (C=O) groups excluding carboxylic acids is 3. The first kappa shape index (κ1) is 25.8. The van der Waals surface area contributed by atoms with Gasteiger partial charge in [-0.25, -0.2) is 12.7 Å².